The van der Waals surface area contributed by atoms with Crippen LogP contribution in [0, 0.1) is 0 Å². The Hall–Kier alpha value is -2.82. The fourth-order valence-corrected chi connectivity index (χ4v) is 4.08. The summed E-state index contributed by atoms with van der Waals surface area (Å²) in [5.74, 6) is -2.33. The number of aromatic carboxylic acids is 1. The first kappa shape index (κ1) is 21.9. The highest BCUT2D eigenvalue weighted by Crippen LogP contribution is 2.26. The summed E-state index contributed by atoms with van der Waals surface area (Å²) in [7, 11) is -2.74. The molecular weight excluding hydrogens is 500 g/mol. The highest BCUT2D eigenvalue weighted by molar-refractivity contribution is 9.10. The maximum absolute atomic E-state index is 12.8. The Morgan fingerprint density at radius 1 is 1.10 bits per heavy atom. The van der Waals surface area contributed by atoms with Crippen LogP contribution in [0.25, 0.3) is 0 Å². The molecule has 0 aliphatic heterocycles. The zero-order valence-corrected chi connectivity index (χ0v) is 18.5. The maximum Gasteiger partial charge on any atom is 0.337 e. The van der Waals surface area contributed by atoms with Crippen LogP contribution in [0.4, 0.5) is 11.4 Å². The number of nitrogens with zero attached hydrogens (tertiary/aromatic N) is 1. The van der Waals surface area contributed by atoms with Crippen LogP contribution in [-0.4, -0.2) is 32.4 Å². The van der Waals surface area contributed by atoms with Crippen molar-refractivity contribution in [2.75, 3.05) is 16.7 Å². The van der Waals surface area contributed by atoms with Crippen molar-refractivity contribution in [3.05, 3.63) is 75.4 Å². The summed E-state index contributed by atoms with van der Waals surface area (Å²) in [4.78, 5) is 23.8. The van der Waals surface area contributed by atoms with Gasteiger partial charge in [0, 0.05) is 16.5 Å². The van der Waals surface area contributed by atoms with Crippen molar-refractivity contribution in [2.24, 2.45) is 0 Å². The molecule has 2 N–H and O–H groups in total. The highest BCUT2D eigenvalue weighted by atomic mass is 79.9. The number of hydrogen-bond donors (Lipinski definition) is 2. The molecule has 156 valence electrons. The van der Waals surface area contributed by atoms with Gasteiger partial charge >= 0.3 is 5.97 Å². The minimum atomic E-state index is -4.07. The van der Waals surface area contributed by atoms with E-state index in [-0.39, 0.29) is 17.0 Å². The number of nitrogens with one attached hydrogen (secondary N) is 1. The number of sulfonamides is 1. The van der Waals surface area contributed by atoms with Gasteiger partial charge in [0.05, 0.1) is 16.9 Å². The fourth-order valence-electron chi connectivity index (χ4n) is 2.49. The number of rotatable bonds is 6. The number of hydrogen-bond acceptors (Lipinski definition) is 5. The molecule has 30 heavy (non-hydrogen) atoms. The quantitative estimate of drug-likeness (QED) is 0.502. The van der Waals surface area contributed by atoms with Gasteiger partial charge in [-0.05, 0) is 54.6 Å². The zero-order chi connectivity index (χ0) is 22.1. The summed E-state index contributed by atoms with van der Waals surface area (Å²) in [6.45, 7) is 0. The van der Waals surface area contributed by atoms with Crippen LogP contribution in [0.1, 0.15) is 20.9 Å². The summed E-state index contributed by atoms with van der Waals surface area (Å²) >= 11 is 8.99. The molecule has 8 nitrogen and oxygen atoms in total. The van der Waals surface area contributed by atoms with Gasteiger partial charge in [-0.1, -0.05) is 27.5 Å². The average molecular weight is 514 g/mol. The van der Waals surface area contributed by atoms with Gasteiger partial charge < -0.3 is 14.8 Å². The van der Waals surface area contributed by atoms with Gasteiger partial charge in [-0.25, -0.2) is 4.79 Å². The number of carboxylic acids is 1. The van der Waals surface area contributed by atoms with Crippen LogP contribution in [0.3, 0.4) is 0 Å². The van der Waals surface area contributed by atoms with Crippen LogP contribution in [-0.2, 0) is 10.0 Å². The monoisotopic (exact) mass is 512 g/mol. The number of anilines is 2. The van der Waals surface area contributed by atoms with Crippen LogP contribution in [0.5, 0.6) is 0 Å². The molecule has 0 saturated carbocycles. The first-order valence-electron chi connectivity index (χ1n) is 8.28. The van der Waals surface area contributed by atoms with E-state index in [0.29, 0.717) is 15.2 Å². The molecular formula is C19H14BrClN2O6S. The Morgan fingerprint density at radius 2 is 1.77 bits per heavy atom. The van der Waals surface area contributed by atoms with E-state index in [1.165, 1.54) is 37.4 Å². The Bertz CT molecular complexity index is 1220. The molecule has 11 heteroatoms. The van der Waals surface area contributed by atoms with Gasteiger partial charge in [0.2, 0.25) is 5.09 Å². The summed E-state index contributed by atoms with van der Waals surface area (Å²) in [5.41, 5.74) is 0.247. The lowest BCUT2D eigenvalue weighted by atomic mass is 10.2. The summed E-state index contributed by atoms with van der Waals surface area (Å²) < 4.78 is 32.3. The molecule has 0 atom stereocenters. The second-order valence-corrected chi connectivity index (χ2v) is 9.27. The molecule has 0 aliphatic carbocycles. The molecule has 2 aromatic carbocycles. The number of amides is 1. The number of furan rings is 1. The van der Waals surface area contributed by atoms with E-state index < -0.39 is 27.0 Å². The van der Waals surface area contributed by atoms with Crippen LogP contribution in [0.2, 0.25) is 5.02 Å². The van der Waals surface area contributed by atoms with E-state index in [9.17, 15) is 23.1 Å². The predicted molar refractivity (Wildman–Crippen MR) is 115 cm³/mol. The molecule has 1 heterocycles. The third kappa shape index (κ3) is 4.50. The molecule has 0 spiro atoms. The van der Waals surface area contributed by atoms with Crippen LogP contribution in [0.15, 0.2) is 68.6 Å². The predicted octanol–water partition coefficient (Wildman–Crippen LogP) is 4.47. The van der Waals surface area contributed by atoms with Gasteiger partial charge in [0.1, 0.15) is 0 Å². The van der Waals surface area contributed by atoms with Gasteiger partial charge in [-0.15, -0.1) is 0 Å². The smallest absolute Gasteiger partial charge is 0.337 e. The van der Waals surface area contributed by atoms with Crippen molar-refractivity contribution in [3.8, 4) is 0 Å². The van der Waals surface area contributed by atoms with E-state index in [4.69, 9.17) is 16.0 Å². The van der Waals surface area contributed by atoms with Crippen LogP contribution >= 0.6 is 27.5 Å². The lowest BCUT2D eigenvalue weighted by Crippen LogP contribution is -2.26. The van der Waals surface area contributed by atoms with Crippen molar-refractivity contribution in [1.82, 2.24) is 0 Å². The Morgan fingerprint density at radius 3 is 2.40 bits per heavy atom. The number of halogens is 2. The standard InChI is InChI=1S/C19H14BrClN2O6S/c1-23(13-5-3-12(21)4-6-13)30(27,28)17-9-8-16(29-17)18(24)22-15-7-2-11(20)10-14(15)19(25)26/h2-10H,1H3,(H,22,24)(H,25,26). The first-order chi connectivity index (χ1) is 14.1. The molecule has 3 rings (SSSR count). The van der Waals surface area contributed by atoms with Gasteiger partial charge in [0.25, 0.3) is 15.9 Å². The van der Waals surface area contributed by atoms with Gasteiger partial charge in [-0.3, -0.25) is 9.10 Å². The van der Waals surface area contributed by atoms with E-state index in [0.717, 1.165) is 10.4 Å². The molecule has 1 aromatic heterocycles. The zero-order valence-electron chi connectivity index (χ0n) is 15.3. The lowest BCUT2D eigenvalue weighted by molar-refractivity contribution is 0.0698. The summed E-state index contributed by atoms with van der Waals surface area (Å²) in [5, 5.41) is 11.7. The number of carbonyl (C=O) groups is 2. The van der Waals surface area contributed by atoms with Gasteiger partial charge in [0.15, 0.2) is 5.76 Å². The molecule has 0 saturated heterocycles. The molecule has 0 radical (unpaired) electrons. The largest absolute Gasteiger partial charge is 0.478 e. The number of carboxylic acid groups (broad SMARTS) is 1. The maximum atomic E-state index is 12.8. The lowest BCUT2D eigenvalue weighted by Gasteiger charge is -2.17. The van der Waals surface area contributed by atoms with Crippen molar-refractivity contribution < 1.29 is 27.5 Å². The van der Waals surface area contributed by atoms with Crippen molar-refractivity contribution in [2.45, 2.75) is 5.09 Å². The SMILES string of the molecule is CN(c1ccc(Cl)cc1)S(=O)(=O)c1ccc(C(=O)Nc2ccc(Br)cc2C(=O)O)o1. The van der Waals surface area contributed by atoms with E-state index in [1.54, 1.807) is 18.2 Å². The van der Waals surface area contributed by atoms with E-state index >= 15 is 0 Å². The van der Waals surface area contributed by atoms with E-state index in [1.807, 2.05) is 0 Å². The minimum Gasteiger partial charge on any atom is -0.478 e. The molecule has 1 amide bonds. The molecule has 3 aromatic rings. The molecule has 0 unspecified atom stereocenters. The number of carbonyl (C=O) groups excluding carboxylic acids is 1. The Balaban J connectivity index is 1.84. The van der Waals surface area contributed by atoms with Gasteiger partial charge in [-0.2, -0.15) is 8.42 Å². The topological polar surface area (TPSA) is 117 Å². The third-order valence-corrected chi connectivity index (χ3v) is 6.48. The molecule has 0 fully saturated rings. The average Bonchev–Trinajstić information content (AvgIpc) is 3.20. The first-order valence-corrected chi connectivity index (χ1v) is 10.9. The Labute approximate surface area is 185 Å². The second-order valence-electron chi connectivity index (χ2n) is 6.02. The van der Waals surface area contributed by atoms with Crippen LogP contribution < -0.4 is 9.62 Å². The summed E-state index contributed by atoms with van der Waals surface area (Å²) in [6.07, 6.45) is 0. The summed E-state index contributed by atoms with van der Waals surface area (Å²) in [6, 6.07) is 12.8. The highest BCUT2D eigenvalue weighted by Gasteiger charge is 2.27. The van der Waals surface area contributed by atoms with Crippen molar-refractivity contribution >= 4 is 60.8 Å². The fraction of sp³-hybridized carbons (Fsp3) is 0.0526. The van der Waals surface area contributed by atoms with Crippen molar-refractivity contribution in [3.63, 3.8) is 0 Å². The third-order valence-electron chi connectivity index (χ3n) is 4.07. The van der Waals surface area contributed by atoms with E-state index in [2.05, 4.69) is 21.2 Å². The second kappa shape index (κ2) is 8.50. The Kier molecular flexibility index (Phi) is 6.20. The minimum absolute atomic E-state index is 0.0368. The number of benzene rings is 2. The molecule has 0 aliphatic rings. The molecule has 0 bridgehead atoms. The normalized spacial score (nSPS) is 11.2. The van der Waals surface area contributed by atoms with Crippen molar-refractivity contribution in [1.29, 1.82) is 0 Å².